The maximum absolute atomic E-state index is 12.5. The van der Waals surface area contributed by atoms with Gasteiger partial charge in [0, 0.05) is 11.3 Å². The number of ether oxygens (including phenoxy) is 1. The number of Topliss-reactive ketones (excluding diaryl/α,β-unsaturated/α-hetero) is 1. The van der Waals surface area contributed by atoms with Gasteiger partial charge in [-0.15, -0.1) is 0 Å². The van der Waals surface area contributed by atoms with E-state index in [9.17, 15) is 18.0 Å². The summed E-state index contributed by atoms with van der Waals surface area (Å²) in [6, 6.07) is 23.2. The van der Waals surface area contributed by atoms with Crippen LogP contribution in [-0.4, -0.2) is 32.8 Å². The predicted molar refractivity (Wildman–Crippen MR) is 122 cm³/mol. The highest BCUT2D eigenvalue weighted by molar-refractivity contribution is 7.89. The van der Waals surface area contributed by atoms with Gasteiger partial charge in [-0.3, -0.25) is 9.59 Å². The number of benzene rings is 3. The van der Waals surface area contributed by atoms with Gasteiger partial charge in [-0.2, -0.15) is 0 Å². The van der Waals surface area contributed by atoms with E-state index in [4.69, 9.17) is 4.74 Å². The van der Waals surface area contributed by atoms with Crippen molar-refractivity contribution in [3.63, 3.8) is 0 Å². The lowest BCUT2D eigenvalue weighted by Crippen LogP contribution is -2.32. The molecule has 166 valence electrons. The minimum Gasteiger partial charge on any atom is -0.481 e. The van der Waals surface area contributed by atoms with Crippen molar-refractivity contribution in [1.82, 2.24) is 4.72 Å². The third-order valence-corrected chi connectivity index (χ3v) is 6.05. The molecular formula is C24H24N2O5S. The van der Waals surface area contributed by atoms with E-state index in [0.717, 1.165) is 0 Å². The summed E-state index contributed by atoms with van der Waals surface area (Å²) in [5, 5.41) is 2.73. The number of carbonyl (C=O) groups excluding carboxylic acids is 2. The van der Waals surface area contributed by atoms with Crippen LogP contribution in [0.3, 0.4) is 0 Å². The fourth-order valence-electron chi connectivity index (χ4n) is 2.90. The average molecular weight is 453 g/mol. The van der Waals surface area contributed by atoms with Gasteiger partial charge in [0.1, 0.15) is 5.75 Å². The molecule has 0 bridgehead atoms. The lowest BCUT2D eigenvalue weighted by molar-refractivity contribution is -0.122. The molecule has 1 unspecified atom stereocenters. The molecule has 0 heterocycles. The van der Waals surface area contributed by atoms with Gasteiger partial charge in [-0.1, -0.05) is 55.5 Å². The van der Waals surface area contributed by atoms with Crippen LogP contribution in [0.5, 0.6) is 5.75 Å². The number of para-hydroxylation sites is 1. The summed E-state index contributed by atoms with van der Waals surface area (Å²) in [5.74, 6) is -0.0762. The van der Waals surface area contributed by atoms with Gasteiger partial charge in [0.2, 0.25) is 10.0 Å². The smallest absolute Gasteiger partial charge is 0.265 e. The fourth-order valence-corrected chi connectivity index (χ4v) is 3.88. The van der Waals surface area contributed by atoms with Crippen LogP contribution in [0.1, 0.15) is 23.7 Å². The summed E-state index contributed by atoms with van der Waals surface area (Å²) in [5.41, 5.74) is 0.862. The van der Waals surface area contributed by atoms with Crippen molar-refractivity contribution in [2.24, 2.45) is 0 Å². The van der Waals surface area contributed by atoms with E-state index < -0.39 is 16.1 Å². The Balaban J connectivity index is 1.59. The molecule has 0 saturated heterocycles. The number of anilines is 1. The van der Waals surface area contributed by atoms with Crippen LogP contribution in [0.15, 0.2) is 89.8 Å². The Kier molecular flexibility index (Phi) is 7.75. The number of sulfonamides is 1. The topological polar surface area (TPSA) is 102 Å². The number of nitrogens with one attached hydrogen (secondary N) is 2. The van der Waals surface area contributed by atoms with Gasteiger partial charge >= 0.3 is 0 Å². The van der Waals surface area contributed by atoms with Crippen LogP contribution in [0.4, 0.5) is 5.69 Å². The molecule has 3 rings (SSSR count). The highest BCUT2D eigenvalue weighted by Crippen LogP contribution is 2.17. The highest BCUT2D eigenvalue weighted by Gasteiger charge is 2.20. The van der Waals surface area contributed by atoms with E-state index in [-0.39, 0.29) is 23.1 Å². The van der Waals surface area contributed by atoms with Crippen molar-refractivity contribution < 1.29 is 22.7 Å². The molecule has 32 heavy (non-hydrogen) atoms. The third kappa shape index (κ3) is 6.26. The first-order valence-corrected chi connectivity index (χ1v) is 11.6. The quantitative estimate of drug-likeness (QED) is 0.457. The SMILES string of the molecule is CCC(Oc1ccccc1)C(=O)Nc1ccc(S(=O)(=O)NCC(=O)c2ccccc2)cc1. The number of carbonyl (C=O) groups is 2. The Bertz CT molecular complexity index is 1150. The molecule has 1 amide bonds. The second kappa shape index (κ2) is 10.7. The lowest BCUT2D eigenvalue weighted by atomic mass is 10.1. The molecule has 3 aromatic rings. The number of rotatable bonds is 10. The summed E-state index contributed by atoms with van der Waals surface area (Å²) in [7, 11) is -3.88. The minimum atomic E-state index is -3.88. The van der Waals surface area contributed by atoms with E-state index >= 15 is 0 Å². The van der Waals surface area contributed by atoms with E-state index in [1.807, 2.05) is 25.1 Å². The molecule has 8 heteroatoms. The van der Waals surface area contributed by atoms with Crippen molar-refractivity contribution in [3.05, 3.63) is 90.5 Å². The van der Waals surface area contributed by atoms with Crippen LogP contribution >= 0.6 is 0 Å². The van der Waals surface area contributed by atoms with Crippen LogP contribution in [0.25, 0.3) is 0 Å². The van der Waals surface area contributed by atoms with E-state index in [2.05, 4.69) is 10.0 Å². The zero-order valence-electron chi connectivity index (χ0n) is 17.5. The standard InChI is InChI=1S/C24H24N2O5S/c1-2-23(31-20-11-7-4-8-12-20)24(28)26-19-13-15-21(16-14-19)32(29,30)25-17-22(27)18-9-5-3-6-10-18/h3-16,23,25H,2,17H2,1H3,(H,26,28). The molecule has 7 nitrogen and oxygen atoms in total. The van der Waals surface area contributed by atoms with Gasteiger partial charge in [0.15, 0.2) is 11.9 Å². The number of ketones is 1. The van der Waals surface area contributed by atoms with Crippen molar-refractivity contribution in [2.45, 2.75) is 24.3 Å². The first-order valence-electron chi connectivity index (χ1n) is 10.1. The highest BCUT2D eigenvalue weighted by atomic mass is 32.2. The Morgan fingerprint density at radius 2 is 1.47 bits per heavy atom. The molecule has 2 N–H and O–H groups in total. The van der Waals surface area contributed by atoms with Crippen molar-refractivity contribution >= 4 is 27.4 Å². The molecule has 0 aliphatic heterocycles. The Labute approximate surface area is 187 Å². The molecule has 0 radical (unpaired) electrons. The number of hydrogen-bond acceptors (Lipinski definition) is 5. The number of amides is 1. The van der Waals surface area contributed by atoms with Crippen molar-refractivity contribution in [2.75, 3.05) is 11.9 Å². The maximum Gasteiger partial charge on any atom is 0.265 e. The van der Waals surface area contributed by atoms with E-state index in [1.165, 1.54) is 24.3 Å². The molecule has 0 spiro atoms. The van der Waals surface area contributed by atoms with Crippen LogP contribution in [-0.2, 0) is 14.8 Å². The van der Waals surface area contributed by atoms with E-state index in [0.29, 0.717) is 23.4 Å². The molecule has 3 aromatic carbocycles. The normalized spacial score (nSPS) is 12.0. The zero-order valence-corrected chi connectivity index (χ0v) is 18.3. The molecular weight excluding hydrogens is 428 g/mol. The summed E-state index contributed by atoms with van der Waals surface area (Å²) < 4.78 is 33.0. The Morgan fingerprint density at radius 3 is 2.06 bits per heavy atom. The fraction of sp³-hybridized carbons (Fsp3) is 0.167. The Morgan fingerprint density at radius 1 is 0.875 bits per heavy atom. The van der Waals surface area contributed by atoms with Crippen molar-refractivity contribution in [3.8, 4) is 5.75 Å². The largest absolute Gasteiger partial charge is 0.481 e. The minimum absolute atomic E-state index is 0.0102. The lowest BCUT2D eigenvalue weighted by Gasteiger charge is -2.17. The summed E-state index contributed by atoms with van der Waals surface area (Å²) >= 11 is 0. The first kappa shape index (κ1) is 23.2. The predicted octanol–water partition coefficient (Wildman–Crippen LogP) is 3.64. The molecule has 1 atom stereocenters. The van der Waals surface area contributed by atoms with Gasteiger partial charge in [0.25, 0.3) is 5.91 Å². The van der Waals surface area contributed by atoms with E-state index in [1.54, 1.807) is 42.5 Å². The second-order valence-corrected chi connectivity index (χ2v) is 8.72. The summed E-state index contributed by atoms with van der Waals surface area (Å²) in [6.07, 6.45) is -0.224. The first-order chi connectivity index (χ1) is 15.4. The third-order valence-electron chi connectivity index (χ3n) is 4.64. The maximum atomic E-state index is 12.5. The summed E-state index contributed by atoms with van der Waals surface area (Å²) in [4.78, 5) is 24.7. The van der Waals surface area contributed by atoms with Gasteiger partial charge in [-0.25, -0.2) is 13.1 Å². The van der Waals surface area contributed by atoms with Crippen LogP contribution < -0.4 is 14.8 Å². The Hall–Kier alpha value is -3.49. The van der Waals surface area contributed by atoms with Gasteiger partial charge < -0.3 is 10.1 Å². The van der Waals surface area contributed by atoms with Crippen molar-refractivity contribution in [1.29, 1.82) is 0 Å². The molecule has 0 saturated carbocycles. The zero-order chi connectivity index (χ0) is 23.0. The molecule has 0 aromatic heterocycles. The number of hydrogen-bond donors (Lipinski definition) is 2. The van der Waals surface area contributed by atoms with Gasteiger partial charge in [0.05, 0.1) is 11.4 Å². The molecule has 0 aliphatic rings. The van der Waals surface area contributed by atoms with Crippen LogP contribution in [0, 0.1) is 0 Å². The van der Waals surface area contributed by atoms with Crippen LogP contribution in [0.2, 0.25) is 0 Å². The second-order valence-electron chi connectivity index (χ2n) is 6.96. The summed E-state index contributed by atoms with van der Waals surface area (Å²) in [6.45, 7) is 1.49. The monoisotopic (exact) mass is 452 g/mol. The van der Waals surface area contributed by atoms with Gasteiger partial charge in [-0.05, 0) is 42.8 Å². The molecule has 0 aliphatic carbocycles. The average Bonchev–Trinajstić information content (AvgIpc) is 2.82. The molecule has 0 fully saturated rings.